The lowest BCUT2D eigenvalue weighted by Gasteiger charge is -2.42. The van der Waals surface area contributed by atoms with Gasteiger partial charge in [-0.2, -0.15) is 4.31 Å². The largest absolute Gasteiger partial charge is 0.491 e. The smallest absolute Gasteiger partial charge is 0.329 e. The average molecular weight is 716 g/mol. The molecule has 0 atom stereocenters. The van der Waals surface area contributed by atoms with E-state index in [0.29, 0.717) is 52.6 Å². The van der Waals surface area contributed by atoms with Gasteiger partial charge in [0.05, 0.1) is 13.2 Å². The number of benzene rings is 2. The fourth-order valence-electron chi connectivity index (χ4n) is 4.84. The molecule has 0 aromatic heterocycles. The first-order valence-electron chi connectivity index (χ1n) is 15.1. The van der Waals surface area contributed by atoms with Crippen LogP contribution in [-0.4, -0.2) is 109 Å². The Balaban J connectivity index is 0.000000385. The third-order valence-corrected chi connectivity index (χ3v) is 10.4. The van der Waals surface area contributed by atoms with Crippen molar-refractivity contribution in [3.05, 3.63) is 53.0 Å². The van der Waals surface area contributed by atoms with Crippen LogP contribution in [0.3, 0.4) is 0 Å². The van der Waals surface area contributed by atoms with E-state index < -0.39 is 26.3 Å². The number of methoxy groups -OCH3 is 2. The van der Waals surface area contributed by atoms with Gasteiger partial charge in [-0.1, -0.05) is 15.9 Å². The van der Waals surface area contributed by atoms with E-state index in [4.69, 9.17) is 28.4 Å². The summed E-state index contributed by atoms with van der Waals surface area (Å²) in [7, 11) is -0.637. The maximum absolute atomic E-state index is 13.7. The molecule has 0 radical (unpaired) electrons. The summed E-state index contributed by atoms with van der Waals surface area (Å²) in [4.78, 5) is 15.3. The number of rotatable bonds is 12. The molecule has 2 aliphatic heterocycles. The quantitative estimate of drug-likeness (QED) is 0.230. The first-order chi connectivity index (χ1) is 21.4. The first-order valence-corrected chi connectivity index (χ1v) is 17.3. The van der Waals surface area contributed by atoms with Crippen molar-refractivity contribution in [2.45, 2.75) is 44.0 Å². The van der Waals surface area contributed by atoms with E-state index in [-0.39, 0.29) is 26.1 Å². The molecule has 2 aliphatic rings. The van der Waals surface area contributed by atoms with Crippen molar-refractivity contribution in [1.82, 2.24) is 4.31 Å². The molecule has 11 nitrogen and oxygen atoms in total. The molecule has 4 rings (SSSR count). The van der Waals surface area contributed by atoms with Crippen LogP contribution in [0.2, 0.25) is 0 Å². The van der Waals surface area contributed by atoms with Crippen molar-refractivity contribution in [3.8, 4) is 11.5 Å². The van der Waals surface area contributed by atoms with Crippen molar-refractivity contribution >= 4 is 37.6 Å². The van der Waals surface area contributed by atoms with Gasteiger partial charge in [0.1, 0.15) is 30.3 Å². The lowest BCUT2D eigenvalue weighted by atomic mass is 9.99. The molecule has 0 amide bonds. The molecule has 0 bridgehead atoms. The highest BCUT2D eigenvalue weighted by atomic mass is 79.9. The minimum Gasteiger partial charge on any atom is -0.491 e. The zero-order chi connectivity index (χ0) is 32.9. The molecule has 252 valence electrons. The van der Waals surface area contributed by atoms with Gasteiger partial charge < -0.3 is 33.3 Å². The molecule has 2 aromatic carbocycles. The number of sulfonamides is 1. The second-order valence-electron chi connectivity index (χ2n) is 11.6. The molecule has 2 aromatic rings. The lowest BCUT2D eigenvalue weighted by Crippen LogP contribution is -2.61. The average Bonchev–Trinajstić information content (AvgIpc) is 3.02. The predicted molar refractivity (Wildman–Crippen MR) is 177 cm³/mol. The van der Waals surface area contributed by atoms with E-state index in [1.807, 2.05) is 48.5 Å². The predicted octanol–water partition coefficient (Wildman–Crippen LogP) is 4.53. The van der Waals surface area contributed by atoms with Crippen LogP contribution in [-0.2, 0) is 33.8 Å². The first kappa shape index (κ1) is 37.0. The van der Waals surface area contributed by atoms with E-state index in [1.54, 1.807) is 35.0 Å². The Bertz CT molecular complexity index is 1270. The fraction of sp³-hybridized carbons (Fsp3) is 0.594. The number of anilines is 1. The highest BCUT2D eigenvalue weighted by Crippen LogP contribution is 2.36. The van der Waals surface area contributed by atoms with Crippen LogP contribution in [0, 0.1) is 0 Å². The molecule has 13 heteroatoms. The number of carbonyl (C=O) groups is 1. The highest BCUT2D eigenvalue weighted by molar-refractivity contribution is 9.10. The zero-order valence-corrected chi connectivity index (χ0v) is 29.4. The second-order valence-corrected chi connectivity index (χ2v) is 14.8. The van der Waals surface area contributed by atoms with Crippen LogP contribution < -0.4 is 14.4 Å². The molecule has 0 spiro atoms. The Labute approximate surface area is 276 Å². The van der Waals surface area contributed by atoms with E-state index in [0.717, 1.165) is 21.7 Å². The second kappa shape index (κ2) is 17.5. The van der Waals surface area contributed by atoms with Gasteiger partial charge in [-0.15, -0.1) is 0 Å². The van der Waals surface area contributed by atoms with Crippen LogP contribution in [0.1, 0.15) is 33.6 Å². The van der Waals surface area contributed by atoms with Crippen molar-refractivity contribution in [2.75, 3.05) is 84.9 Å². The molecule has 0 unspecified atom stereocenters. The normalized spacial score (nSPS) is 17.2. The van der Waals surface area contributed by atoms with Crippen LogP contribution in [0.15, 0.2) is 53.0 Å². The Hall–Kier alpha value is -2.42. The third-order valence-electron chi connectivity index (χ3n) is 7.27. The number of halogens is 1. The molecule has 0 saturated carbocycles. The van der Waals surface area contributed by atoms with E-state index >= 15 is 0 Å². The minimum absolute atomic E-state index is 0.106. The van der Waals surface area contributed by atoms with Gasteiger partial charge in [0, 0.05) is 76.6 Å². The number of nitrogens with zero attached hydrogens (tertiary/aromatic N) is 2. The highest BCUT2D eigenvalue weighted by Gasteiger charge is 2.56. The van der Waals surface area contributed by atoms with E-state index in [2.05, 4.69) is 20.8 Å². The van der Waals surface area contributed by atoms with Gasteiger partial charge in [0.15, 0.2) is 4.75 Å². The lowest BCUT2D eigenvalue weighted by molar-refractivity contribution is -0.161. The summed E-state index contributed by atoms with van der Waals surface area (Å²) in [6.07, 6.45) is 0.212. The topological polar surface area (TPSA) is 113 Å². The van der Waals surface area contributed by atoms with Gasteiger partial charge >= 0.3 is 5.97 Å². The molecule has 0 N–H and O–H groups in total. The minimum atomic E-state index is -3.92. The summed E-state index contributed by atoms with van der Waals surface area (Å²) < 4.78 is 60.1. The maximum Gasteiger partial charge on any atom is 0.329 e. The van der Waals surface area contributed by atoms with Gasteiger partial charge in [-0.3, -0.25) is 4.79 Å². The Morgan fingerprint density at radius 2 is 1.31 bits per heavy atom. The standard InChI is InChI=1S/C23H36N2O7S.C9H11BrO2/c1-22(2,3)32-21(26)23(9-15-30-16-10-23)33(27,28)25-13-11-24(12-14-25)19-5-7-20(8-6-19)31-18-17-29-4;1-11-6-7-12-9-4-2-8(10)3-5-9/h5-8H,9-18H2,1-4H3;2-5H,6-7H2,1H3. The number of piperazine rings is 1. The number of hydrogen-bond acceptors (Lipinski definition) is 10. The van der Waals surface area contributed by atoms with Crippen molar-refractivity contribution < 1.29 is 41.6 Å². The Morgan fingerprint density at radius 1 is 0.822 bits per heavy atom. The SMILES string of the molecule is COCCOc1ccc(Br)cc1.COCCOc1ccc(N2CCN(S(=O)(=O)C3(C(=O)OC(C)(C)C)CCOCC3)CC2)cc1. The number of hydrogen-bond donors (Lipinski definition) is 0. The summed E-state index contributed by atoms with van der Waals surface area (Å²) in [5.74, 6) is 0.955. The number of esters is 1. The molecular weight excluding hydrogens is 668 g/mol. The van der Waals surface area contributed by atoms with Crippen LogP contribution in [0.4, 0.5) is 5.69 Å². The summed E-state index contributed by atoms with van der Waals surface area (Å²) in [5.41, 5.74) is 0.231. The molecular formula is C32H47BrN2O9S. The Morgan fingerprint density at radius 3 is 1.78 bits per heavy atom. The van der Waals surface area contributed by atoms with Gasteiger partial charge in [-0.05, 0) is 69.3 Å². The van der Waals surface area contributed by atoms with Crippen LogP contribution >= 0.6 is 15.9 Å². The summed E-state index contributed by atoms with van der Waals surface area (Å²) in [6, 6.07) is 15.4. The number of ether oxygens (including phenoxy) is 6. The molecule has 2 heterocycles. The van der Waals surface area contributed by atoms with Crippen LogP contribution in [0.5, 0.6) is 11.5 Å². The fourth-order valence-corrected chi connectivity index (χ4v) is 7.18. The maximum atomic E-state index is 13.7. The van der Waals surface area contributed by atoms with Crippen molar-refractivity contribution in [1.29, 1.82) is 0 Å². The molecule has 0 aliphatic carbocycles. The summed E-state index contributed by atoms with van der Waals surface area (Å²) >= 11 is 3.35. The van der Waals surface area contributed by atoms with Crippen molar-refractivity contribution in [3.63, 3.8) is 0 Å². The van der Waals surface area contributed by atoms with E-state index in [1.165, 1.54) is 4.31 Å². The van der Waals surface area contributed by atoms with Crippen LogP contribution in [0.25, 0.3) is 0 Å². The van der Waals surface area contributed by atoms with Gasteiger partial charge in [-0.25, -0.2) is 8.42 Å². The molecule has 2 saturated heterocycles. The monoisotopic (exact) mass is 714 g/mol. The zero-order valence-electron chi connectivity index (χ0n) is 27.0. The van der Waals surface area contributed by atoms with E-state index in [9.17, 15) is 13.2 Å². The number of carbonyl (C=O) groups excluding carboxylic acids is 1. The van der Waals surface area contributed by atoms with Crippen molar-refractivity contribution in [2.24, 2.45) is 0 Å². The molecule has 45 heavy (non-hydrogen) atoms. The molecule has 2 fully saturated rings. The van der Waals surface area contributed by atoms with Gasteiger partial charge in [0.2, 0.25) is 10.0 Å². The summed E-state index contributed by atoms with van der Waals surface area (Å²) in [5, 5.41) is 0. The summed E-state index contributed by atoms with van der Waals surface area (Å²) in [6.45, 7) is 9.58. The Kier molecular flexibility index (Phi) is 14.4. The third kappa shape index (κ3) is 10.8. The van der Waals surface area contributed by atoms with Gasteiger partial charge in [0.25, 0.3) is 0 Å².